The van der Waals surface area contributed by atoms with E-state index in [2.05, 4.69) is 10.8 Å². The van der Waals surface area contributed by atoms with Crippen molar-refractivity contribution in [1.29, 1.82) is 0 Å². The molecule has 144 valence electrons. The van der Waals surface area contributed by atoms with E-state index in [1.165, 1.54) is 50.7 Å². The summed E-state index contributed by atoms with van der Waals surface area (Å²) < 4.78 is 42.6. The Kier molecular flexibility index (Phi) is 6.91. The van der Waals surface area contributed by atoms with E-state index < -0.39 is 12.4 Å². The maximum atomic E-state index is 14.0. The first kappa shape index (κ1) is 19.6. The number of hydrogen-bond donors (Lipinski definition) is 0. The highest BCUT2D eigenvalue weighted by Gasteiger charge is 2.31. The zero-order valence-corrected chi connectivity index (χ0v) is 15.6. The SMILES string of the molecule is Fc1cc(C2CCC(C3CCC(C=CCl)CC3)CC2)ccc1OC(F)F. The normalized spacial score (nSPS) is 30.0. The second-order valence-corrected chi connectivity index (χ2v) is 7.93. The van der Waals surface area contributed by atoms with Crippen LogP contribution in [0.5, 0.6) is 5.75 Å². The third kappa shape index (κ3) is 4.97. The minimum atomic E-state index is -3.00. The molecular formula is C21H26ClF3O. The molecule has 0 bridgehead atoms. The maximum absolute atomic E-state index is 14.0. The van der Waals surface area contributed by atoms with Gasteiger partial charge in [-0.25, -0.2) is 4.39 Å². The highest BCUT2D eigenvalue weighted by Crippen LogP contribution is 2.44. The lowest BCUT2D eigenvalue weighted by atomic mass is 9.68. The van der Waals surface area contributed by atoms with Gasteiger partial charge in [0.2, 0.25) is 0 Å². The van der Waals surface area contributed by atoms with Crippen LogP contribution in [0, 0.1) is 23.6 Å². The van der Waals surface area contributed by atoms with Crippen LogP contribution >= 0.6 is 11.6 Å². The smallest absolute Gasteiger partial charge is 0.387 e. The molecule has 26 heavy (non-hydrogen) atoms. The summed E-state index contributed by atoms with van der Waals surface area (Å²) in [7, 11) is 0. The number of allylic oxidation sites excluding steroid dienone is 1. The summed E-state index contributed by atoms with van der Waals surface area (Å²) in [5.74, 6) is 1.44. The largest absolute Gasteiger partial charge is 0.432 e. The van der Waals surface area contributed by atoms with E-state index in [1.807, 2.05) is 0 Å². The van der Waals surface area contributed by atoms with Gasteiger partial charge in [0.05, 0.1) is 0 Å². The highest BCUT2D eigenvalue weighted by atomic mass is 35.5. The summed E-state index contributed by atoms with van der Waals surface area (Å²) in [4.78, 5) is 0. The molecule has 5 heteroatoms. The van der Waals surface area contributed by atoms with E-state index in [0.717, 1.165) is 30.2 Å². The van der Waals surface area contributed by atoms with Crippen molar-refractivity contribution < 1.29 is 17.9 Å². The molecule has 2 aliphatic carbocycles. The molecule has 0 amide bonds. The Morgan fingerprint density at radius 3 is 2.12 bits per heavy atom. The zero-order valence-electron chi connectivity index (χ0n) is 14.9. The Morgan fingerprint density at radius 1 is 0.962 bits per heavy atom. The molecule has 0 aromatic heterocycles. The first-order valence-corrected chi connectivity index (χ1v) is 10.0. The summed E-state index contributed by atoms with van der Waals surface area (Å²) >= 11 is 5.69. The molecule has 0 N–H and O–H groups in total. The van der Waals surface area contributed by atoms with Crippen molar-refractivity contribution in [1.82, 2.24) is 0 Å². The van der Waals surface area contributed by atoms with E-state index in [1.54, 1.807) is 11.6 Å². The molecule has 2 saturated carbocycles. The Balaban J connectivity index is 1.52. The van der Waals surface area contributed by atoms with Crippen LogP contribution in [-0.4, -0.2) is 6.61 Å². The third-order valence-corrected chi connectivity index (χ3v) is 6.39. The quantitative estimate of drug-likeness (QED) is 0.517. The molecule has 0 spiro atoms. The number of hydrogen-bond acceptors (Lipinski definition) is 1. The molecule has 0 aliphatic heterocycles. The standard InChI is InChI=1S/C21H26ClF3O/c22-12-11-14-1-3-15(4-2-14)16-5-7-17(8-6-16)18-9-10-20(19(23)13-18)26-21(24)25/h9-17,21H,1-8H2. The molecule has 0 radical (unpaired) electrons. The van der Waals surface area contributed by atoms with Gasteiger partial charge in [-0.15, -0.1) is 0 Å². The van der Waals surface area contributed by atoms with Gasteiger partial charge in [-0.05, 0) is 92.7 Å². The van der Waals surface area contributed by atoms with Crippen LogP contribution in [0.2, 0.25) is 0 Å². The number of ether oxygens (including phenoxy) is 1. The van der Waals surface area contributed by atoms with Gasteiger partial charge in [-0.1, -0.05) is 23.7 Å². The van der Waals surface area contributed by atoms with E-state index in [-0.39, 0.29) is 5.75 Å². The molecular weight excluding hydrogens is 361 g/mol. The number of halogens is 4. The summed E-state index contributed by atoms with van der Waals surface area (Å²) in [5.41, 5.74) is 2.55. The molecule has 3 rings (SSSR count). The van der Waals surface area contributed by atoms with E-state index in [0.29, 0.717) is 11.8 Å². The molecule has 0 saturated heterocycles. The van der Waals surface area contributed by atoms with Gasteiger partial charge in [0, 0.05) is 5.54 Å². The van der Waals surface area contributed by atoms with Gasteiger partial charge in [0.15, 0.2) is 11.6 Å². The molecule has 1 aromatic rings. The van der Waals surface area contributed by atoms with Crippen LogP contribution in [-0.2, 0) is 0 Å². The van der Waals surface area contributed by atoms with Gasteiger partial charge in [-0.3, -0.25) is 0 Å². The minimum Gasteiger partial charge on any atom is -0.432 e. The van der Waals surface area contributed by atoms with Crippen LogP contribution < -0.4 is 4.74 Å². The Bertz CT molecular complexity index is 603. The minimum absolute atomic E-state index is 0.317. The lowest BCUT2D eigenvalue weighted by molar-refractivity contribution is -0.0522. The summed E-state index contributed by atoms with van der Waals surface area (Å²) in [6.45, 7) is -3.00. The van der Waals surface area contributed by atoms with Crippen molar-refractivity contribution in [2.75, 3.05) is 0 Å². The second-order valence-electron chi connectivity index (χ2n) is 7.67. The highest BCUT2D eigenvalue weighted by molar-refractivity contribution is 6.25. The number of benzene rings is 1. The van der Waals surface area contributed by atoms with Crippen molar-refractivity contribution in [3.8, 4) is 5.75 Å². The van der Waals surface area contributed by atoms with Gasteiger partial charge in [0.25, 0.3) is 0 Å². The van der Waals surface area contributed by atoms with Crippen molar-refractivity contribution in [2.45, 2.75) is 63.9 Å². The summed E-state index contributed by atoms with van der Waals surface area (Å²) in [5, 5.41) is 0. The maximum Gasteiger partial charge on any atom is 0.387 e. The predicted molar refractivity (Wildman–Crippen MR) is 98.2 cm³/mol. The molecule has 2 aliphatic rings. The lowest BCUT2D eigenvalue weighted by Crippen LogP contribution is -2.25. The summed E-state index contributed by atoms with van der Waals surface area (Å²) in [6, 6.07) is 4.43. The van der Waals surface area contributed by atoms with Crippen LogP contribution in [0.4, 0.5) is 13.2 Å². The van der Waals surface area contributed by atoms with E-state index in [4.69, 9.17) is 11.6 Å². The first-order valence-electron chi connectivity index (χ1n) is 9.58. The monoisotopic (exact) mass is 386 g/mol. The van der Waals surface area contributed by atoms with Crippen LogP contribution in [0.3, 0.4) is 0 Å². The molecule has 0 heterocycles. The molecule has 0 atom stereocenters. The van der Waals surface area contributed by atoms with Gasteiger partial charge in [0.1, 0.15) is 0 Å². The average Bonchev–Trinajstić information content (AvgIpc) is 2.64. The average molecular weight is 387 g/mol. The number of alkyl halides is 2. The van der Waals surface area contributed by atoms with E-state index >= 15 is 0 Å². The Hall–Kier alpha value is -1.16. The van der Waals surface area contributed by atoms with Crippen LogP contribution in [0.1, 0.15) is 62.8 Å². The molecule has 1 aromatic carbocycles. The number of rotatable bonds is 5. The molecule has 0 unspecified atom stereocenters. The fourth-order valence-electron chi connectivity index (χ4n) is 4.80. The van der Waals surface area contributed by atoms with Crippen molar-refractivity contribution >= 4 is 11.6 Å². The zero-order chi connectivity index (χ0) is 18.5. The van der Waals surface area contributed by atoms with Crippen molar-refractivity contribution in [2.24, 2.45) is 17.8 Å². The van der Waals surface area contributed by atoms with Crippen molar-refractivity contribution in [3.63, 3.8) is 0 Å². The third-order valence-electron chi connectivity index (χ3n) is 6.24. The fourth-order valence-corrected chi connectivity index (χ4v) is 5.00. The fraction of sp³-hybridized carbons (Fsp3) is 0.619. The molecule has 1 nitrogen and oxygen atoms in total. The van der Waals surface area contributed by atoms with Crippen LogP contribution in [0.25, 0.3) is 0 Å². The Morgan fingerprint density at radius 2 is 1.58 bits per heavy atom. The lowest BCUT2D eigenvalue weighted by Gasteiger charge is -2.37. The second kappa shape index (κ2) is 9.16. The van der Waals surface area contributed by atoms with Crippen LogP contribution in [0.15, 0.2) is 29.8 Å². The molecule has 2 fully saturated rings. The predicted octanol–water partition coefficient (Wildman–Crippen LogP) is 7.26. The first-order chi connectivity index (χ1) is 12.6. The van der Waals surface area contributed by atoms with Gasteiger partial charge in [-0.2, -0.15) is 8.78 Å². The Labute approximate surface area is 158 Å². The van der Waals surface area contributed by atoms with Crippen molar-refractivity contribution in [3.05, 3.63) is 41.2 Å². The van der Waals surface area contributed by atoms with Gasteiger partial charge >= 0.3 is 6.61 Å². The summed E-state index contributed by atoms with van der Waals surface area (Å²) in [6.07, 6.45) is 11.5. The topological polar surface area (TPSA) is 9.23 Å². The van der Waals surface area contributed by atoms with E-state index in [9.17, 15) is 13.2 Å². The van der Waals surface area contributed by atoms with Gasteiger partial charge < -0.3 is 4.74 Å².